The number of hydrogen-bond acceptors (Lipinski definition) is 4. The van der Waals surface area contributed by atoms with E-state index in [-0.39, 0.29) is 23.6 Å². The van der Waals surface area contributed by atoms with E-state index in [4.69, 9.17) is 16.0 Å². The van der Waals surface area contributed by atoms with Gasteiger partial charge in [0.15, 0.2) is 0 Å². The average molecular weight is 422 g/mol. The Morgan fingerprint density at radius 3 is 2.67 bits per heavy atom. The second kappa shape index (κ2) is 8.55. The number of rotatable bonds is 6. The fourth-order valence-corrected chi connectivity index (χ4v) is 3.17. The van der Waals surface area contributed by atoms with Gasteiger partial charge in [0.05, 0.1) is 5.56 Å². The first-order valence-corrected chi connectivity index (χ1v) is 9.99. The Bertz CT molecular complexity index is 1130. The molecule has 1 fully saturated rings. The van der Waals surface area contributed by atoms with Crippen molar-refractivity contribution in [3.8, 4) is 11.3 Å². The molecule has 0 bridgehead atoms. The molecule has 0 saturated heterocycles. The summed E-state index contributed by atoms with van der Waals surface area (Å²) in [6.07, 6.45) is 4.99. The molecular weight excluding hydrogens is 402 g/mol. The highest BCUT2D eigenvalue weighted by atomic mass is 35.5. The molecule has 2 aromatic heterocycles. The first-order valence-electron chi connectivity index (χ1n) is 9.61. The number of furan rings is 1. The third kappa shape index (κ3) is 4.60. The average Bonchev–Trinajstić information content (AvgIpc) is 3.43. The van der Waals surface area contributed by atoms with Crippen LogP contribution >= 0.6 is 11.6 Å². The molecule has 30 heavy (non-hydrogen) atoms. The molecule has 2 heterocycles. The normalized spacial score (nSPS) is 13.7. The third-order valence-electron chi connectivity index (χ3n) is 4.73. The van der Waals surface area contributed by atoms with Gasteiger partial charge in [-0.2, -0.15) is 0 Å². The van der Waals surface area contributed by atoms with E-state index in [0.29, 0.717) is 27.8 Å². The van der Waals surface area contributed by atoms with Crippen molar-refractivity contribution < 1.29 is 14.0 Å². The fraction of sp³-hybridized carbons (Fsp3) is 0.174. The van der Waals surface area contributed by atoms with Gasteiger partial charge in [-0.25, -0.2) is 4.98 Å². The van der Waals surface area contributed by atoms with Gasteiger partial charge in [0.25, 0.3) is 11.8 Å². The van der Waals surface area contributed by atoms with Crippen LogP contribution in [0.2, 0.25) is 5.15 Å². The third-order valence-corrected chi connectivity index (χ3v) is 5.03. The number of carbonyl (C=O) groups is 2. The second-order valence-electron chi connectivity index (χ2n) is 7.12. The van der Waals surface area contributed by atoms with E-state index in [0.717, 1.165) is 18.4 Å². The van der Waals surface area contributed by atoms with Crippen molar-refractivity contribution in [1.82, 2.24) is 15.6 Å². The van der Waals surface area contributed by atoms with Crippen LogP contribution in [0.3, 0.4) is 0 Å². The summed E-state index contributed by atoms with van der Waals surface area (Å²) in [5.41, 5.74) is 2.09. The summed E-state index contributed by atoms with van der Waals surface area (Å²) in [6, 6.07) is 14.4. The fourth-order valence-electron chi connectivity index (χ4n) is 2.95. The Labute approximate surface area is 179 Å². The Kier molecular flexibility index (Phi) is 5.68. The number of amides is 2. The van der Waals surface area contributed by atoms with E-state index in [1.165, 1.54) is 6.08 Å². The molecule has 2 amide bonds. The van der Waals surface area contributed by atoms with Gasteiger partial charge in [-0.05, 0) is 55.7 Å². The van der Waals surface area contributed by atoms with Gasteiger partial charge < -0.3 is 15.1 Å². The van der Waals surface area contributed by atoms with Crippen LogP contribution in [0, 0.1) is 6.92 Å². The Morgan fingerprint density at radius 1 is 1.13 bits per heavy atom. The molecule has 1 aliphatic rings. The summed E-state index contributed by atoms with van der Waals surface area (Å²) in [4.78, 5) is 29.5. The van der Waals surface area contributed by atoms with Gasteiger partial charge in [0, 0.05) is 23.9 Å². The lowest BCUT2D eigenvalue weighted by Gasteiger charge is -2.11. The maximum Gasteiger partial charge on any atom is 0.268 e. The molecule has 3 aromatic rings. The monoisotopic (exact) mass is 421 g/mol. The van der Waals surface area contributed by atoms with Gasteiger partial charge in [-0.3, -0.25) is 9.59 Å². The standard InChI is InChI=1S/C23H20ClN3O3/c1-14-5-2-3-6-17(14)22(28)27-19(23(29)26-15-8-9-15)13-16-10-11-20(30-16)18-7-4-12-25-21(18)24/h2-7,10-13,15H,8-9H2,1H3,(H,26,29)(H,27,28)/b19-13+. The van der Waals surface area contributed by atoms with E-state index in [1.807, 2.05) is 19.1 Å². The van der Waals surface area contributed by atoms with Crippen LogP contribution in [0.1, 0.15) is 34.5 Å². The molecule has 152 valence electrons. The SMILES string of the molecule is Cc1ccccc1C(=O)N/C(=C/c1ccc(-c2cccnc2Cl)o1)C(=O)NC1CC1. The maximum absolute atomic E-state index is 12.8. The van der Waals surface area contributed by atoms with Crippen molar-refractivity contribution in [3.63, 3.8) is 0 Å². The van der Waals surface area contributed by atoms with Gasteiger partial charge in [0.2, 0.25) is 0 Å². The number of nitrogens with zero attached hydrogens (tertiary/aromatic N) is 1. The molecule has 2 N–H and O–H groups in total. The molecule has 6 nitrogen and oxygen atoms in total. The highest BCUT2D eigenvalue weighted by molar-refractivity contribution is 6.31. The van der Waals surface area contributed by atoms with Crippen molar-refractivity contribution in [2.75, 3.05) is 0 Å². The minimum absolute atomic E-state index is 0.119. The molecule has 7 heteroatoms. The number of carbonyl (C=O) groups excluding carboxylic acids is 2. The number of benzene rings is 1. The summed E-state index contributed by atoms with van der Waals surface area (Å²) in [6.45, 7) is 1.85. The maximum atomic E-state index is 12.8. The van der Waals surface area contributed by atoms with Crippen LogP contribution < -0.4 is 10.6 Å². The van der Waals surface area contributed by atoms with Crippen molar-refractivity contribution >= 4 is 29.5 Å². The van der Waals surface area contributed by atoms with E-state index in [1.54, 1.807) is 42.6 Å². The molecule has 1 aromatic carbocycles. The highest BCUT2D eigenvalue weighted by Gasteiger charge is 2.26. The molecule has 0 aliphatic heterocycles. The molecule has 0 unspecified atom stereocenters. The Hall–Kier alpha value is -3.38. The molecule has 1 aliphatic carbocycles. The number of nitrogens with one attached hydrogen (secondary N) is 2. The summed E-state index contributed by atoms with van der Waals surface area (Å²) in [7, 11) is 0. The molecule has 0 spiro atoms. The van der Waals surface area contributed by atoms with E-state index in [9.17, 15) is 9.59 Å². The lowest BCUT2D eigenvalue weighted by atomic mass is 10.1. The largest absolute Gasteiger partial charge is 0.457 e. The quantitative estimate of drug-likeness (QED) is 0.457. The zero-order valence-corrected chi connectivity index (χ0v) is 17.1. The predicted octanol–water partition coefficient (Wildman–Crippen LogP) is 4.35. The number of halogens is 1. The molecule has 4 rings (SSSR count). The topological polar surface area (TPSA) is 84.2 Å². The molecule has 0 atom stereocenters. The van der Waals surface area contributed by atoms with Crippen molar-refractivity contribution in [2.45, 2.75) is 25.8 Å². The highest BCUT2D eigenvalue weighted by Crippen LogP contribution is 2.28. The predicted molar refractivity (Wildman–Crippen MR) is 115 cm³/mol. The molecule has 0 radical (unpaired) electrons. The van der Waals surface area contributed by atoms with Gasteiger partial charge in [-0.1, -0.05) is 29.8 Å². The Balaban J connectivity index is 1.62. The van der Waals surface area contributed by atoms with E-state index >= 15 is 0 Å². The minimum atomic E-state index is -0.354. The smallest absolute Gasteiger partial charge is 0.268 e. The summed E-state index contributed by atoms with van der Waals surface area (Å²) < 4.78 is 5.83. The van der Waals surface area contributed by atoms with Crippen molar-refractivity contribution in [1.29, 1.82) is 0 Å². The van der Waals surface area contributed by atoms with Crippen LogP contribution in [-0.4, -0.2) is 22.8 Å². The lowest BCUT2D eigenvalue weighted by Crippen LogP contribution is -2.36. The van der Waals surface area contributed by atoms with Crippen molar-refractivity contribution in [2.24, 2.45) is 0 Å². The molecular formula is C23H20ClN3O3. The van der Waals surface area contributed by atoms with Gasteiger partial charge >= 0.3 is 0 Å². The van der Waals surface area contributed by atoms with E-state index < -0.39 is 0 Å². The number of hydrogen-bond donors (Lipinski definition) is 2. The minimum Gasteiger partial charge on any atom is -0.457 e. The van der Waals surface area contributed by atoms with Gasteiger partial charge in [0.1, 0.15) is 22.4 Å². The molecule has 1 saturated carbocycles. The summed E-state index contributed by atoms with van der Waals surface area (Å²) in [5, 5.41) is 5.95. The zero-order chi connectivity index (χ0) is 21.1. The van der Waals surface area contributed by atoms with Crippen molar-refractivity contribution in [3.05, 3.63) is 82.5 Å². The Morgan fingerprint density at radius 2 is 1.93 bits per heavy atom. The summed E-state index contributed by atoms with van der Waals surface area (Å²) >= 11 is 6.13. The first kappa shape index (κ1) is 19.9. The van der Waals surface area contributed by atoms with Gasteiger partial charge in [-0.15, -0.1) is 0 Å². The van der Waals surface area contributed by atoms with Crippen LogP contribution in [0.15, 0.2) is 64.8 Å². The van der Waals surface area contributed by atoms with Crippen LogP contribution in [0.25, 0.3) is 17.4 Å². The number of aromatic nitrogens is 1. The van der Waals surface area contributed by atoms with E-state index in [2.05, 4.69) is 15.6 Å². The van der Waals surface area contributed by atoms with Crippen LogP contribution in [0.5, 0.6) is 0 Å². The lowest BCUT2D eigenvalue weighted by molar-refractivity contribution is -0.117. The second-order valence-corrected chi connectivity index (χ2v) is 7.48. The zero-order valence-electron chi connectivity index (χ0n) is 16.3. The number of pyridine rings is 1. The van der Waals surface area contributed by atoms with Crippen LogP contribution in [0.4, 0.5) is 0 Å². The first-order chi connectivity index (χ1) is 14.5. The summed E-state index contributed by atoms with van der Waals surface area (Å²) in [5.74, 6) is 0.228. The van der Waals surface area contributed by atoms with Crippen LogP contribution in [-0.2, 0) is 4.79 Å². The number of aryl methyl sites for hydroxylation is 1.